The second kappa shape index (κ2) is 6.85. The summed E-state index contributed by atoms with van der Waals surface area (Å²) in [5.41, 5.74) is -0.318. The van der Waals surface area contributed by atoms with Crippen molar-refractivity contribution in [3.8, 4) is 0 Å². The van der Waals surface area contributed by atoms with E-state index in [1.165, 1.54) is 0 Å². The maximum atomic E-state index is 9.60. The summed E-state index contributed by atoms with van der Waals surface area (Å²) in [7, 11) is 26.0. The van der Waals surface area contributed by atoms with Crippen LogP contribution in [0.15, 0.2) is 0 Å². The highest BCUT2D eigenvalue weighted by Crippen LogP contribution is 2.61. The van der Waals surface area contributed by atoms with Gasteiger partial charge in [-0.3, -0.25) is 4.79 Å². The van der Waals surface area contributed by atoms with E-state index in [0.29, 0.717) is 12.9 Å². The van der Waals surface area contributed by atoms with Gasteiger partial charge in [0.1, 0.15) is 5.60 Å². The third-order valence-electron chi connectivity index (χ3n) is 3.90. The highest BCUT2D eigenvalue weighted by atomic mass is 16.5. The molecule has 0 amide bonds. The molecule has 0 spiro atoms. The van der Waals surface area contributed by atoms with E-state index in [2.05, 4.69) is 9.64 Å². The molecular weight excluding hydrogens is 257 g/mol. The maximum absolute atomic E-state index is 9.60. The Balaban J connectivity index is 0.000000436. The number of nitrogens with zero attached hydrogens (tertiary/aromatic N) is 1. The molecule has 0 aromatic rings. The minimum Gasteiger partial charge on any atom is -0.462 e. The molecule has 2 atom stereocenters. The van der Waals surface area contributed by atoms with Crippen LogP contribution in [0, 0.1) is 11.8 Å². The van der Waals surface area contributed by atoms with Gasteiger partial charge in [-0.2, -0.15) is 0 Å². The first-order valence-electron chi connectivity index (χ1n) is 6.84. The highest BCUT2D eigenvalue weighted by Gasteiger charge is 2.53. The Hall–Kier alpha value is -0.310. The normalized spacial score (nSPS) is 29.5. The number of hydrogen-bond acceptors (Lipinski definition) is 3. The lowest BCUT2D eigenvalue weighted by Crippen LogP contribution is -2.25. The van der Waals surface area contributed by atoms with Gasteiger partial charge in [0, 0.05) is 13.1 Å². The lowest BCUT2D eigenvalue weighted by atomic mass is 9.45. The van der Waals surface area contributed by atoms with Crippen LogP contribution in [0.5, 0.6) is 0 Å². The van der Waals surface area contributed by atoms with Gasteiger partial charge in [0.2, 0.25) is 0 Å². The molecule has 0 bridgehead atoms. The number of fused-ring (bicyclic) bond motifs is 1. The number of carbonyl (C=O) groups excluding carboxylic acids is 1. The number of rotatable bonds is 1. The van der Waals surface area contributed by atoms with Crippen molar-refractivity contribution in [2.75, 3.05) is 20.1 Å². The maximum Gasteiger partial charge on any atom is 0.293 e. The Morgan fingerprint density at radius 1 is 1.10 bits per heavy atom. The molecule has 0 N–H and O–H groups in total. The van der Waals surface area contributed by atoms with Crippen molar-refractivity contribution in [3.05, 3.63) is 0 Å². The fourth-order valence-electron chi connectivity index (χ4n) is 3.03. The molecule has 1 heterocycles. The third-order valence-corrected chi connectivity index (χ3v) is 3.90. The summed E-state index contributed by atoms with van der Waals surface area (Å²) in [6.07, 6.45) is 0.517. The predicted octanol–water partition coefficient (Wildman–Crippen LogP) is 1.07. The molecule has 110 valence electrons. The second-order valence-corrected chi connectivity index (χ2v) is 7.16. The van der Waals surface area contributed by atoms with Crippen LogP contribution in [0.25, 0.3) is 0 Å². The van der Waals surface area contributed by atoms with Crippen molar-refractivity contribution in [3.63, 3.8) is 0 Å². The van der Waals surface area contributed by atoms with E-state index in [1.807, 2.05) is 27.8 Å². The van der Waals surface area contributed by atoms with Crippen molar-refractivity contribution in [2.45, 2.75) is 50.6 Å². The Bertz CT molecular complexity index is 333. The molecule has 7 heteroatoms. The summed E-state index contributed by atoms with van der Waals surface area (Å²) in [5, 5.41) is -1.36. The Kier molecular flexibility index (Phi) is 6.75. The number of hydrogen-bond donors (Lipinski definition) is 0. The third kappa shape index (κ3) is 5.43. The van der Waals surface area contributed by atoms with Gasteiger partial charge in [0.05, 0.1) is 31.4 Å². The highest BCUT2D eigenvalue weighted by molar-refractivity contribution is 6.45. The molecular formula is C14H25B4NO2. The molecule has 1 saturated heterocycles. The largest absolute Gasteiger partial charge is 0.462 e. The second-order valence-electron chi connectivity index (χ2n) is 7.16. The summed E-state index contributed by atoms with van der Waals surface area (Å²) >= 11 is 0. The SMILES string of the molecule is C.CC(C)(C)OC=O.[B]C1([B])CC([B])([B])C2CN(C)CC21. The molecule has 1 aliphatic carbocycles. The van der Waals surface area contributed by atoms with Crippen LogP contribution < -0.4 is 0 Å². The predicted molar refractivity (Wildman–Crippen MR) is 91.1 cm³/mol. The number of carbonyl (C=O) groups is 1. The molecule has 3 nitrogen and oxygen atoms in total. The molecule has 1 aliphatic heterocycles. The van der Waals surface area contributed by atoms with Crippen LogP contribution >= 0.6 is 0 Å². The topological polar surface area (TPSA) is 29.5 Å². The lowest BCUT2D eigenvalue weighted by molar-refractivity contribution is -0.138. The first kappa shape index (κ1) is 20.7. The molecule has 0 aromatic carbocycles. The fraction of sp³-hybridized carbons (Fsp3) is 0.929. The number of likely N-dealkylation sites (tertiary alicyclic amines) is 1. The molecule has 8 radical (unpaired) electrons. The number of ether oxygens (including phenoxy) is 1. The van der Waals surface area contributed by atoms with Gasteiger partial charge >= 0.3 is 0 Å². The summed E-state index contributed by atoms with van der Waals surface area (Å²) in [6.45, 7) is 7.74. The smallest absolute Gasteiger partial charge is 0.293 e. The van der Waals surface area contributed by atoms with Gasteiger partial charge in [-0.15, -0.1) is 0 Å². The van der Waals surface area contributed by atoms with Crippen molar-refractivity contribution in [2.24, 2.45) is 11.8 Å². The fourth-order valence-corrected chi connectivity index (χ4v) is 3.03. The van der Waals surface area contributed by atoms with Gasteiger partial charge < -0.3 is 9.64 Å². The van der Waals surface area contributed by atoms with Crippen molar-refractivity contribution < 1.29 is 9.53 Å². The Labute approximate surface area is 135 Å². The average molecular weight is 283 g/mol. The van der Waals surface area contributed by atoms with Gasteiger partial charge in [0.15, 0.2) is 0 Å². The van der Waals surface area contributed by atoms with Crippen molar-refractivity contribution in [1.29, 1.82) is 0 Å². The zero-order valence-corrected chi connectivity index (χ0v) is 12.9. The van der Waals surface area contributed by atoms with Gasteiger partial charge in [0.25, 0.3) is 6.47 Å². The van der Waals surface area contributed by atoms with E-state index in [9.17, 15) is 4.79 Å². The molecule has 1 saturated carbocycles. The molecule has 2 unspecified atom stereocenters. The van der Waals surface area contributed by atoms with Crippen LogP contribution in [0.4, 0.5) is 0 Å². The van der Waals surface area contributed by atoms with Crippen LogP contribution in [0.3, 0.4) is 0 Å². The van der Waals surface area contributed by atoms with E-state index in [0.717, 1.165) is 13.1 Å². The summed E-state index contributed by atoms with van der Waals surface area (Å²) in [4.78, 5) is 11.8. The van der Waals surface area contributed by atoms with E-state index < -0.39 is 10.4 Å². The van der Waals surface area contributed by atoms with E-state index in [1.54, 1.807) is 0 Å². The average Bonchev–Trinajstić information content (AvgIpc) is 2.65. The van der Waals surface area contributed by atoms with Crippen LogP contribution in [-0.4, -0.2) is 68.5 Å². The minimum absolute atomic E-state index is 0. The van der Waals surface area contributed by atoms with Crippen LogP contribution in [0.2, 0.25) is 10.4 Å². The van der Waals surface area contributed by atoms with Crippen molar-refractivity contribution >= 4 is 37.9 Å². The molecule has 2 aliphatic rings. The van der Waals surface area contributed by atoms with Gasteiger partial charge in [-0.25, -0.2) is 0 Å². The zero-order chi connectivity index (χ0) is 15.8. The quantitative estimate of drug-likeness (QED) is 0.532. The minimum atomic E-state index is -0.682. The van der Waals surface area contributed by atoms with E-state index in [-0.39, 0.29) is 24.9 Å². The van der Waals surface area contributed by atoms with Gasteiger partial charge in [-0.05, 0) is 39.7 Å². The van der Waals surface area contributed by atoms with Crippen LogP contribution in [0.1, 0.15) is 34.6 Å². The molecule has 0 aromatic heterocycles. The summed E-state index contributed by atoms with van der Waals surface area (Å²) < 4.78 is 4.55. The standard InChI is InChI=1S/C8H11B4N.C5H10O2.CH4/c1-13-2-5-6(3-13)8(11,12)4-7(5,9)10;1-5(2,3)7-4-6;/h5-6H,2-4H2,1H3;4H,1-3H3;1H4. The Morgan fingerprint density at radius 3 is 1.71 bits per heavy atom. The van der Waals surface area contributed by atoms with Crippen molar-refractivity contribution in [1.82, 2.24) is 4.90 Å². The monoisotopic (exact) mass is 283 g/mol. The molecule has 2 rings (SSSR count). The lowest BCUT2D eigenvalue weighted by Gasteiger charge is -2.29. The van der Waals surface area contributed by atoms with E-state index >= 15 is 0 Å². The first-order chi connectivity index (χ1) is 8.89. The van der Waals surface area contributed by atoms with Crippen LogP contribution in [-0.2, 0) is 9.53 Å². The summed E-state index contributed by atoms with van der Waals surface area (Å²) in [6, 6.07) is 0. The Morgan fingerprint density at radius 2 is 1.48 bits per heavy atom. The van der Waals surface area contributed by atoms with Gasteiger partial charge in [-0.1, -0.05) is 24.3 Å². The summed E-state index contributed by atoms with van der Waals surface area (Å²) in [5.74, 6) is 0.486. The molecule has 21 heavy (non-hydrogen) atoms. The first-order valence-corrected chi connectivity index (χ1v) is 6.84. The van der Waals surface area contributed by atoms with E-state index in [4.69, 9.17) is 31.4 Å². The zero-order valence-electron chi connectivity index (χ0n) is 12.9. The molecule has 2 fully saturated rings.